The molecule has 128 valence electrons. The number of aryl methyl sites for hydroxylation is 1. The monoisotopic (exact) mass is 350 g/mol. The second-order valence-electron chi connectivity index (χ2n) is 6.48. The van der Waals surface area contributed by atoms with Crippen molar-refractivity contribution in [2.45, 2.75) is 33.1 Å². The van der Waals surface area contributed by atoms with Gasteiger partial charge in [-0.2, -0.15) is 0 Å². The summed E-state index contributed by atoms with van der Waals surface area (Å²) in [5, 5.41) is 5.94. The molecule has 0 saturated heterocycles. The molecular formula is C21H22N2OS. The van der Waals surface area contributed by atoms with Gasteiger partial charge in [-0.3, -0.25) is 4.79 Å². The standard InChI is InChI=1S/C21H22N2OS/c1-14(2)18-9-4-5-10-19(18)23-20(24)12-17-13-25-21(22-17)16-8-6-7-15(3)11-16/h4-11,13-14H,12H2,1-3H3,(H,23,24). The fourth-order valence-corrected chi connectivity index (χ4v) is 3.59. The smallest absolute Gasteiger partial charge is 0.230 e. The van der Waals surface area contributed by atoms with Crippen LogP contribution in [0.3, 0.4) is 0 Å². The second kappa shape index (κ2) is 7.62. The molecule has 0 aliphatic carbocycles. The van der Waals surface area contributed by atoms with Crippen molar-refractivity contribution in [2.75, 3.05) is 5.32 Å². The van der Waals surface area contributed by atoms with E-state index in [4.69, 9.17) is 0 Å². The lowest BCUT2D eigenvalue weighted by atomic mass is 10.0. The lowest BCUT2D eigenvalue weighted by Crippen LogP contribution is -2.16. The lowest BCUT2D eigenvalue weighted by Gasteiger charge is -2.13. The third kappa shape index (κ3) is 4.34. The number of rotatable bonds is 5. The van der Waals surface area contributed by atoms with Gasteiger partial charge < -0.3 is 5.32 Å². The van der Waals surface area contributed by atoms with Gasteiger partial charge in [0.2, 0.25) is 5.91 Å². The number of anilines is 1. The first-order valence-corrected chi connectivity index (χ1v) is 9.31. The molecule has 3 nitrogen and oxygen atoms in total. The summed E-state index contributed by atoms with van der Waals surface area (Å²) in [7, 11) is 0. The first-order chi connectivity index (χ1) is 12.0. The molecule has 0 unspecified atom stereocenters. The predicted molar refractivity (Wildman–Crippen MR) is 105 cm³/mol. The number of nitrogens with one attached hydrogen (secondary N) is 1. The lowest BCUT2D eigenvalue weighted by molar-refractivity contribution is -0.115. The van der Waals surface area contributed by atoms with Crippen LogP contribution in [-0.2, 0) is 11.2 Å². The van der Waals surface area contributed by atoms with E-state index in [0.29, 0.717) is 5.92 Å². The number of aromatic nitrogens is 1. The van der Waals surface area contributed by atoms with Gasteiger partial charge in [0.1, 0.15) is 5.01 Å². The third-order valence-electron chi connectivity index (χ3n) is 4.02. The van der Waals surface area contributed by atoms with Gasteiger partial charge in [0.15, 0.2) is 0 Å². The highest BCUT2D eigenvalue weighted by Gasteiger charge is 2.12. The summed E-state index contributed by atoms with van der Waals surface area (Å²) >= 11 is 1.58. The normalized spacial score (nSPS) is 10.9. The molecule has 0 bridgehead atoms. The molecule has 1 N–H and O–H groups in total. The first kappa shape index (κ1) is 17.4. The number of hydrogen-bond acceptors (Lipinski definition) is 3. The van der Waals surface area contributed by atoms with E-state index < -0.39 is 0 Å². The van der Waals surface area contributed by atoms with Gasteiger partial charge in [0.05, 0.1) is 12.1 Å². The van der Waals surface area contributed by atoms with E-state index in [-0.39, 0.29) is 12.3 Å². The zero-order valence-electron chi connectivity index (χ0n) is 14.7. The first-order valence-electron chi connectivity index (χ1n) is 8.43. The van der Waals surface area contributed by atoms with Crippen molar-refractivity contribution < 1.29 is 4.79 Å². The van der Waals surface area contributed by atoms with E-state index in [0.717, 1.165) is 27.5 Å². The van der Waals surface area contributed by atoms with Gasteiger partial charge in [-0.1, -0.05) is 55.8 Å². The summed E-state index contributed by atoms with van der Waals surface area (Å²) < 4.78 is 0. The number of nitrogens with zero attached hydrogens (tertiary/aromatic N) is 1. The highest BCUT2D eigenvalue weighted by molar-refractivity contribution is 7.13. The summed E-state index contributed by atoms with van der Waals surface area (Å²) in [6.45, 7) is 6.32. The molecule has 1 heterocycles. The van der Waals surface area contributed by atoms with E-state index in [9.17, 15) is 4.79 Å². The molecule has 0 spiro atoms. The van der Waals surface area contributed by atoms with Crippen molar-refractivity contribution in [3.05, 3.63) is 70.7 Å². The molecule has 2 aromatic carbocycles. The Bertz CT molecular complexity index is 883. The minimum atomic E-state index is -0.0332. The van der Waals surface area contributed by atoms with Crippen LogP contribution in [0.15, 0.2) is 53.9 Å². The van der Waals surface area contributed by atoms with Crippen LogP contribution in [0.4, 0.5) is 5.69 Å². The Morgan fingerprint density at radius 3 is 2.72 bits per heavy atom. The molecule has 1 amide bonds. The molecule has 3 aromatic rings. The van der Waals surface area contributed by atoms with Crippen LogP contribution in [0.1, 0.15) is 36.6 Å². The Hall–Kier alpha value is -2.46. The molecule has 0 fully saturated rings. The SMILES string of the molecule is Cc1cccc(-c2nc(CC(=O)Nc3ccccc3C(C)C)cs2)c1. The fraction of sp³-hybridized carbons (Fsp3) is 0.238. The number of benzene rings is 2. The molecule has 0 aliphatic rings. The molecule has 0 saturated carbocycles. The average molecular weight is 350 g/mol. The van der Waals surface area contributed by atoms with Gasteiger partial charge >= 0.3 is 0 Å². The highest BCUT2D eigenvalue weighted by atomic mass is 32.1. The van der Waals surface area contributed by atoms with Crippen molar-refractivity contribution in [3.8, 4) is 10.6 Å². The quantitative estimate of drug-likeness (QED) is 0.667. The van der Waals surface area contributed by atoms with Gasteiger partial charge in [-0.15, -0.1) is 11.3 Å². The van der Waals surface area contributed by atoms with Gasteiger partial charge in [0, 0.05) is 16.6 Å². The van der Waals surface area contributed by atoms with Crippen LogP contribution in [0.5, 0.6) is 0 Å². The van der Waals surface area contributed by atoms with Crippen LogP contribution in [0, 0.1) is 6.92 Å². The number of hydrogen-bond donors (Lipinski definition) is 1. The second-order valence-corrected chi connectivity index (χ2v) is 7.34. The van der Waals surface area contributed by atoms with Crippen LogP contribution in [0.2, 0.25) is 0 Å². The molecule has 1 aromatic heterocycles. The summed E-state index contributed by atoms with van der Waals surface area (Å²) in [5.41, 5.74) is 5.14. The summed E-state index contributed by atoms with van der Waals surface area (Å²) in [4.78, 5) is 17.0. The Labute approximate surface area is 152 Å². The molecule has 4 heteroatoms. The summed E-state index contributed by atoms with van der Waals surface area (Å²) in [5.74, 6) is 0.331. The van der Waals surface area contributed by atoms with E-state index in [1.165, 1.54) is 5.56 Å². The van der Waals surface area contributed by atoms with Gasteiger partial charge in [-0.25, -0.2) is 4.98 Å². The van der Waals surface area contributed by atoms with E-state index >= 15 is 0 Å². The van der Waals surface area contributed by atoms with Crippen molar-refractivity contribution in [3.63, 3.8) is 0 Å². The third-order valence-corrected chi connectivity index (χ3v) is 4.96. The van der Waals surface area contributed by atoms with Gasteiger partial charge in [0.25, 0.3) is 0 Å². The van der Waals surface area contributed by atoms with Crippen molar-refractivity contribution >= 4 is 22.9 Å². The topological polar surface area (TPSA) is 42.0 Å². The van der Waals surface area contributed by atoms with Gasteiger partial charge in [-0.05, 0) is 30.5 Å². The Kier molecular flexibility index (Phi) is 5.29. The van der Waals surface area contributed by atoms with Crippen molar-refractivity contribution in [1.82, 2.24) is 4.98 Å². The summed E-state index contributed by atoms with van der Waals surface area (Å²) in [6.07, 6.45) is 0.286. The van der Waals surface area contributed by atoms with E-state index in [1.807, 2.05) is 29.6 Å². The molecule has 25 heavy (non-hydrogen) atoms. The maximum Gasteiger partial charge on any atom is 0.230 e. The van der Waals surface area contributed by atoms with E-state index in [1.54, 1.807) is 11.3 Å². The Morgan fingerprint density at radius 1 is 1.16 bits per heavy atom. The van der Waals surface area contributed by atoms with Crippen LogP contribution < -0.4 is 5.32 Å². The zero-order chi connectivity index (χ0) is 17.8. The minimum absolute atomic E-state index is 0.0332. The number of para-hydroxylation sites is 1. The van der Waals surface area contributed by atoms with Crippen molar-refractivity contribution in [1.29, 1.82) is 0 Å². The molecule has 0 atom stereocenters. The Morgan fingerprint density at radius 2 is 1.96 bits per heavy atom. The largest absolute Gasteiger partial charge is 0.325 e. The average Bonchev–Trinajstić information content (AvgIpc) is 3.03. The van der Waals surface area contributed by atoms with Crippen LogP contribution in [-0.4, -0.2) is 10.9 Å². The van der Waals surface area contributed by atoms with Crippen molar-refractivity contribution in [2.24, 2.45) is 0 Å². The molecular weight excluding hydrogens is 328 g/mol. The fourth-order valence-electron chi connectivity index (χ4n) is 2.77. The Balaban J connectivity index is 1.70. The van der Waals surface area contributed by atoms with Crippen LogP contribution in [0.25, 0.3) is 10.6 Å². The predicted octanol–water partition coefficient (Wildman–Crippen LogP) is 5.42. The minimum Gasteiger partial charge on any atom is -0.325 e. The maximum atomic E-state index is 12.4. The molecule has 3 rings (SSSR count). The number of amides is 1. The molecule has 0 radical (unpaired) electrons. The zero-order valence-corrected chi connectivity index (χ0v) is 15.6. The number of carbonyl (C=O) groups excluding carboxylic acids is 1. The molecule has 0 aliphatic heterocycles. The summed E-state index contributed by atoms with van der Waals surface area (Å²) in [6, 6.07) is 16.2. The maximum absolute atomic E-state index is 12.4. The number of thiazole rings is 1. The van der Waals surface area contributed by atoms with Crippen LogP contribution >= 0.6 is 11.3 Å². The highest BCUT2D eigenvalue weighted by Crippen LogP contribution is 2.26. The number of carbonyl (C=O) groups is 1. The van der Waals surface area contributed by atoms with E-state index in [2.05, 4.69) is 55.3 Å².